The number of amidine groups is 1. The third kappa shape index (κ3) is 4.94. The molecule has 264 valence electrons. The van der Waals surface area contributed by atoms with Gasteiger partial charge in [-0.1, -0.05) is 188 Å². The second kappa shape index (κ2) is 13.0. The van der Waals surface area contributed by atoms with Crippen LogP contribution in [0.15, 0.2) is 211 Å². The Bertz CT molecular complexity index is 2830. The first-order chi connectivity index (χ1) is 27.8. The summed E-state index contributed by atoms with van der Waals surface area (Å²) in [5, 5.41) is 3.76. The highest BCUT2D eigenvalue weighted by Crippen LogP contribution is 2.63. The number of nitrogens with zero attached hydrogens (tertiary/aromatic N) is 1. The van der Waals surface area contributed by atoms with Gasteiger partial charge in [0.2, 0.25) is 0 Å². The van der Waals surface area contributed by atoms with Crippen LogP contribution in [0.2, 0.25) is 0 Å². The van der Waals surface area contributed by atoms with Gasteiger partial charge in [-0.2, -0.15) is 0 Å². The van der Waals surface area contributed by atoms with Gasteiger partial charge in [-0.3, -0.25) is 0 Å². The predicted octanol–water partition coefficient (Wildman–Crippen LogP) is 12.6. The summed E-state index contributed by atoms with van der Waals surface area (Å²) in [5.41, 5.74) is 15.6. The summed E-state index contributed by atoms with van der Waals surface area (Å²) < 4.78 is 7.06. The van der Waals surface area contributed by atoms with Crippen LogP contribution < -0.4 is 10.1 Å². The first-order valence-electron chi connectivity index (χ1n) is 19.3. The fourth-order valence-electron chi connectivity index (χ4n) is 9.19. The molecule has 0 saturated heterocycles. The number of nitrogens with one attached hydrogen (secondary N) is 1. The van der Waals surface area contributed by atoms with Gasteiger partial charge in [0.05, 0.1) is 17.2 Å². The van der Waals surface area contributed by atoms with Crippen LogP contribution in [-0.4, -0.2) is 5.84 Å². The number of aliphatic imine (C=N–C) groups is 1. The standard InChI is InChI=1S/C53H36N2O/c1-3-17-35(18-4-1)48-34-49(36-19-5-2-6-20-36)55-52(54-48)38-22-15-21-37(33-38)39-23-7-8-24-40(39)43-27-16-31-47-51(43)56-50-32-14-13-30-46(50)53(47)44-28-11-9-25-41(44)42-26-10-12-29-45(42)53/h1-34,48H,(H,54,55). The topological polar surface area (TPSA) is 33.6 Å². The van der Waals surface area contributed by atoms with Crippen molar-refractivity contribution in [2.24, 2.45) is 4.99 Å². The van der Waals surface area contributed by atoms with Gasteiger partial charge in [-0.25, -0.2) is 4.99 Å². The summed E-state index contributed by atoms with van der Waals surface area (Å²) >= 11 is 0. The second-order valence-electron chi connectivity index (χ2n) is 14.7. The fraction of sp³-hybridized carbons (Fsp3) is 0.0377. The van der Waals surface area contributed by atoms with Crippen molar-refractivity contribution in [2.75, 3.05) is 0 Å². The van der Waals surface area contributed by atoms with E-state index in [1.165, 1.54) is 33.4 Å². The Morgan fingerprint density at radius 2 is 0.964 bits per heavy atom. The van der Waals surface area contributed by atoms with Gasteiger partial charge in [0.25, 0.3) is 0 Å². The molecule has 8 aromatic carbocycles. The molecule has 1 atom stereocenters. The zero-order chi connectivity index (χ0) is 37.1. The minimum Gasteiger partial charge on any atom is -0.456 e. The number of hydrogen-bond donors (Lipinski definition) is 1. The molecule has 2 aliphatic heterocycles. The minimum atomic E-state index is -0.522. The van der Waals surface area contributed by atoms with Crippen LogP contribution in [0.5, 0.6) is 11.5 Å². The molecule has 8 aromatic rings. The largest absolute Gasteiger partial charge is 0.456 e. The van der Waals surface area contributed by atoms with Gasteiger partial charge in [-0.15, -0.1) is 0 Å². The molecule has 0 radical (unpaired) electrons. The van der Waals surface area contributed by atoms with Crippen molar-refractivity contribution >= 4 is 11.5 Å². The van der Waals surface area contributed by atoms with Crippen molar-refractivity contribution < 1.29 is 4.74 Å². The molecule has 3 heteroatoms. The van der Waals surface area contributed by atoms with Crippen LogP contribution in [0.4, 0.5) is 0 Å². The van der Waals surface area contributed by atoms with Gasteiger partial charge in [-0.05, 0) is 68.3 Å². The van der Waals surface area contributed by atoms with E-state index in [-0.39, 0.29) is 6.04 Å². The van der Waals surface area contributed by atoms with E-state index in [1.807, 2.05) is 6.07 Å². The van der Waals surface area contributed by atoms with Crippen molar-refractivity contribution in [2.45, 2.75) is 11.5 Å². The number of para-hydroxylation sites is 2. The van der Waals surface area contributed by atoms with Crippen LogP contribution in [0.3, 0.4) is 0 Å². The molecule has 0 bridgehead atoms. The maximum atomic E-state index is 7.06. The SMILES string of the molecule is C1=C(c2ccccc2)N=C(c2cccc(-c3ccccc3-c3cccc4c3Oc3ccccc3C43c4ccccc4-c4ccccc43)c2)NC1c1ccccc1. The molecule has 1 N–H and O–H groups in total. The Balaban J connectivity index is 1.06. The molecular weight excluding hydrogens is 681 g/mol. The van der Waals surface area contributed by atoms with E-state index in [9.17, 15) is 0 Å². The molecule has 0 saturated carbocycles. The Labute approximate surface area is 327 Å². The number of ether oxygens (including phenoxy) is 1. The van der Waals surface area contributed by atoms with E-state index in [2.05, 4.69) is 206 Å². The highest BCUT2D eigenvalue weighted by molar-refractivity contribution is 6.04. The molecule has 2 heterocycles. The molecule has 1 aliphatic carbocycles. The molecule has 3 aliphatic rings. The maximum absolute atomic E-state index is 7.06. The van der Waals surface area contributed by atoms with Gasteiger partial charge in [0.15, 0.2) is 0 Å². The van der Waals surface area contributed by atoms with E-state index < -0.39 is 5.41 Å². The summed E-state index contributed by atoms with van der Waals surface area (Å²) in [5.74, 6) is 2.62. The molecule has 11 rings (SSSR count). The Hall–Kier alpha value is -7.23. The molecule has 3 nitrogen and oxygen atoms in total. The van der Waals surface area contributed by atoms with Crippen molar-refractivity contribution in [3.63, 3.8) is 0 Å². The second-order valence-corrected chi connectivity index (χ2v) is 14.7. The average molecular weight is 717 g/mol. The monoisotopic (exact) mass is 716 g/mol. The highest BCUT2D eigenvalue weighted by Gasteiger charge is 2.51. The van der Waals surface area contributed by atoms with Gasteiger partial charge >= 0.3 is 0 Å². The van der Waals surface area contributed by atoms with Gasteiger partial charge in [0, 0.05) is 22.3 Å². The Morgan fingerprint density at radius 3 is 1.71 bits per heavy atom. The van der Waals surface area contributed by atoms with Crippen LogP contribution in [0, 0.1) is 0 Å². The van der Waals surface area contributed by atoms with Gasteiger partial charge in [0.1, 0.15) is 17.3 Å². The zero-order valence-electron chi connectivity index (χ0n) is 30.6. The lowest BCUT2D eigenvalue weighted by molar-refractivity contribution is 0.438. The Kier molecular flexibility index (Phi) is 7.46. The number of hydrogen-bond acceptors (Lipinski definition) is 3. The smallest absolute Gasteiger partial charge is 0.140 e. The molecule has 1 unspecified atom stereocenters. The normalized spacial score (nSPS) is 15.6. The van der Waals surface area contributed by atoms with Crippen molar-refractivity contribution in [3.05, 3.63) is 245 Å². The molecule has 1 spiro atoms. The molecular formula is C53H36N2O. The van der Waals surface area contributed by atoms with E-state index in [0.717, 1.165) is 62.0 Å². The lowest BCUT2D eigenvalue weighted by Crippen LogP contribution is -2.32. The van der Waals surface area contributed by atoms with Crippen molar-refractivity contribution in [3.8, 4) is 44.9 Å². The molecule has 0 amide bonds. The van der Waals surface area contributed by atoms with Crippen molar-refractivity contribution in [1.29, 1.82) is 0 Å². The third-order valence-corrected chi connectivity index (χ3v) is 11.6. The van der Waals surface area contributed by atoms with Crippen molar-refractivity contribution in [1.82, 2.24) is 5.32 Å². The van der Waals surface area contributed by atoms with Crippen LogP contribution in [-0.2, 0) is 5.41 Å². The number of benzene rings is 8. The third-order valence-electron chi connectivity index (χ3n) is 11.6. The zero-order valence-corrected chi connectivity index (χ0v) is 30.6. The number of fused-ring (bicyclic) bond motifs is 9. The van der Waals surface area contributed by atoms with E-state index in [0.29, 0.717) is 0 Å². The van der Waals surface area contributed by atoms with E-state index in [4.69, 9.17) is 9.73 Å². The molecule has 56 heavy (non-hydrogen) atoms. The summed E-state index contributed by atoms with van der Waals surface area (Å²) in [6.45, 7) is 0. The first kappa shape index (κ1) is 32.2. The van der Waals surface area contributed by atoms with Crippen LogP contribution >= 0.6 is 0 Å². The molecule has 0 aromatic heterocycles. The Morgan fingerprint density at radius 1 is 0.429 bits per heavy atom. The molecule has 0 fully saturated rings. The summed E-state index contributed by atoms with van der Waals surface area (Å²) in [7, 11) is 0. The first-order valence-corrected chi connectivity index (χ1v) is 19.3. The lowest BCUT2D eigenvalue weighted by Gasteiger charge is -2.40. The van der Waals surface area contributed by atoms with E-state index in [1.54, 1.807) is 0 Å². The number of rotatable bonds is 5. The van der Waals surface area contributed by atoms with Crippen LogP contribution in [0.25, 0.3) is 39.1 Å². The van der Waals surface area contributed by atoms with Crippen LogP contribution in [0.1, 0.15) is 45.0 Å². The summed E-state index contributed by atoms with van der Waals surface area (Å²) in [6.07, 6.45) is 2.22. The fourth-order valence-corrected chi connectivity index (χ4v) is 9.19. The average Bonchev–Trinajstić information content (AvgIpc) is 3.57. The minimum absolute atomic E-state index is 0.0242. The summed E-state index contributed by atoms with van der Waals surface area (Å²) in [6, 6.07) is 71.5. The van der Waals surface area contributed by atoms with Gasteiger partial charge < -0.3 is 10.1 Å². The highest BCUT2D eigenvalue weighted by atomic mass is 16.5. The predicted molar refractivity (Wildman–Crippen MR) is 228 cm³/mol. The quantitative estimate of drug-likeness (QED) is 0.192. The lowest BCUT2D eigenvalue weighted by atomic mass is 9.65. The summed E-state index contributed by atoms with van der Waals surface area (Å²) in [4.78, 5) is 5.22. The maximum Gasteiger partial charge on any atom is 0.140 e. The van der Waals surface area contributed by atoms with E-state index >= 15 is 0 Å².